The zero-order chi connectivity index (χ0) is 16.3. The van der Waals surface area contributed by atoms with E-state index in [4.69, 9.17) is 0 Å². The summed E-state index contributed by atoms with van der Waals surface area (Å²) in [5.74, 6) is -0.260. The first-order chi connectivity index (χ1) is 10.5. The van der Waals surface area contributed by atoms with E-state index in [1.807, 2.05) is 19.1 Å². The third-order valence-electron chi connectivity index (χ3n) is 4.09. The molecule has 1 aromatic carbocycles. The van der Waals surface area contributed by atoms with Gasteiger partial charge in [-0.05, 0) is 34.5 Å². The molecule has 1 heterocycles. The van der Waals surface area contributed by atoms with Crippen molar-refractivity contribution >= 4 is 27.3 Å². The van der Waals surface area contributed by atoms with E-state index in [-0.39, 0.29) is 5.82 Å². The van der Waals surface area contributed by atoms with Gasteiger partial charge in [0.15, 0.2) is 5.82 Å². The molecule has 120 valence electrons. The van der Waals surface area contributed by atoms with Crippen molar-refractivity contribution in [3.63, 3.8) is 0 Å². The van der Waals surface area contributed by atoms with Crippen molar-refractivity contribution in [1.29, 1.82) is 0 Å². The van der Waals surface area contributed by atoms with Gasteiger partial charge in [-0.25, -0.2) is 4.39 Å². The lowest BCUT2D eigenvalue weighted by Crippen LogP contribution is -2.45. The van der Waals surface area contributed by atoms with Crippen LogP contribution in [0, 0.1) is 12.7 Å². The average Bonchev–Trinajstić information content (AvgIpc) is 2.53. The van der Waals surface area contributed by atoms with E-state index in [2.05, 4.69) is 44.2 Å². The highest BCUT2D eigenvalue weighted by Gasteiger charge is 2.22. The third-order valence-corrected chi connectivity index (χ3v) is 5.06. The molecule has 0 saturated carbocycles. The monoisotopic (exact) mass is 367 g/mol. The van der Waals surface area contributed by atoms with Crippen LogP contribution < -0.4 is 5.32 Å². The summed E-state index contributed by atoms with van der Waals surface area (Å²) >= 11 is 3.30. The number of hydrogen-bond donors (Lipinski definition) is 1. The fraction of sp³-hybridized carbons (Fsp3) is 0.412. The zero-order valence-electron chi connectivity index (χ0n) is 13.3. The summed E-state index contributed by atoms with van der Waals surface area (Å²) in [6.45, 7) is 14.5. The van der Waals surface area contributed by atoms with Gasteiger partial charge in [-0.3, -0.25) is 4.90 Å². The van der Waals surface area contributed by atoms with Crippen LogP contribution in [0.2, 0.25) is 0 Å². The Labute approximate surface area is 140 Å². The van der Waals surface area contributed by atoms with Crippen LogP contribution in [0.1, 0.15) is 11.1 Å². The largest absolute Gasteiger partial charge is 0.385 e. The first-order valence-electron chi connectivity index (χ1n) is 7.43. The Morgan fingerprint density at radius 1 is 1.41 bits per heavy atom. The number of rotatable bonds is 5. The maximum atomic E-state index is 14.4. The van der Waals surface area contributed by atoms with Crippen molar-refractivity contribution in [2.75, 3.05) is 45.1 Å². The topological polar surface area (TPSA) is 18.5 Å². The van der Waals surface area contributed by atoms with Crippen molar-refractivity contribution in [1.82, 2.24) is 9.80 Å². The first-order valence-corrected chi connectivity index (χ1v) is 8.22. The molecule has 1 aliphatic heterocycles. The van der Waals surface area contributed by atoms with Crippen molar-refractivity contribution < 1.29 is 4.39 Å². The van der Waals surface area contributed by atoms with Crippen LogP contribution in [0.3, 0.4) is 0 Å². The van der Waals surface area contributed by atoms with Gasteiger partial charge in [0.1, 0.15) is 0 Å². The Kier molecular flexibility index (Phi) is 5.64. The standard InChI is InChI=1S/C17H23BrFN3/c1-5-6-21-7-9-22(10-8-21)13(3)14-11-12(2)15(18)16(19)17(14)20-4/h5,11,20H,1,3,6-10H2,2,4H3. The molecule has 0 amide bonds. The average molecular weight is 368 g/mol. The number of benzene rings is 1. The van der Waals surface area contributed by atoms with Gasteiger partial charge in [0.05, 0.1) is 10.2 Å². The number of nitrogens with one attached hydrogen (secondary N) is 1. The van der Waals surface area contributed by atoms with Crippen LogP contribution >= 0.6 is 15.9 Å². The molecular formula is C17H23BrFN3. The summed E-state index contributed by atoms with van der Waals surface area (Å²) in [5.41, 5.74) is 3.07. The normalized spacial score (nSPS) is 15.7. The maximum absolute atomic E-state index is 14.4. The number of halogens is 2. The summed E-state index contributed by atoms with van der Waals surface area (Å²) in [5, 5.41) is 2.96. The molecule has 1 aromatic rings. The Balaban J connectivity index is 2.22. The molecule has 1 N–H and O–H groups in total. The summed E-state index contributed by atoms with van der Waals surface area (Å²) in [4.78, 5) is 4.58. The Bertz CT molecular complexity index is 578. The second-order valence-electron chi connectivity index (χ2n) is 5.52. The highest BCUT2D eigenvalue weighted by molar-refractivity contribution is 9.10. The molecule has 0 unspecified atom stereocenters. The molecule has 1 saturated heterocycles. The molecule has 0 atom stereocenters. The van der Waals surface area contributed by atoms with Crippen LogP contribution in [0.25, 0.3) is 5.70 Å². The van der Waals surface area contributed by atoms with E-state index in [9.17, 15) is 4.39 Å². The van der Waals surface area contributed by atoms with Gasteiger partial charge in [0, 0.05) is 51.0 Å². The number of anilines is 1. The molecule has 0 spiro atoms. The van der Waals surface area contributed by atoms with Gasteiger partial charge in [0.25, 0.3) is 0 Å². The molecule has 2 rings (SSSR count). The smallest absolute Gasteiger partial charge is 0.161 e. The van der Waals surface area contributed by atoms with E-state index in [0.717, 1.165) is 49.5 Å². The number of nitrogens with zero attached hydrogens (tertiary/aromatic N) is 2. The predicted molar refractivity (Wildman–Crippen MR) is 95.6 cm³/mol. The lowest BCUT2D eigenvalue weighted by Gasteiger charge is -2.37. The first kappa shape index (κ1) is 17.0. The Morgan fingerprint density at radius 2 is 2.05 bits per heavy atom. The van der Waals surface area contributed by atoms with Gasteiger partial charge in [0.2, 0.25) is 0 Å². The molecule has 22 heavy (non-hydrogen) atoms. The summed E-state index contributed by atoms with van der Waals surface area (Å²) in [6, 6.07) is 1.98. The van der Waals surface area contributed by atoms with E-state index in [1.54, 1.807) is 7.05 Å². The summed E-state index contributed by atoms with van der Waals surface area (Å²) in [6.07, 6.45) is 1.93. The van der Waals surface area contributed by atoms with Crippen molar-refractivity contribution in [3.8, 4) is 0 Å². The lowest BCUT2D eigenvalue weighted by molar-refractivity contribution is 0.191. The Morgan fingerprint density at radius 3 is 2.59 bits per heavy atom. The second-order valence-corrected chi connectivity index (χ2v) is 6.31. The van der Waals surface area contributed by atoms with Crippen LogP contribution in [0.15, 0.2) is 29.8 Å². The van der Waals surface area contributed by atoms with E-state index in [0.29, 0.717) is 10.2 Å². The Hall–Kier alpha value is -1.33. The van der Waals surface area contributed by atoms with Gasteiger partial charge < -0.3 is 10.2 Å². The van der Waals surface area contributed by atoms with Crippen LogP contribution in [0.5, 0.6) is 0 Å². The highest BCUT2D eigenvalue weighted by atomic mass is 79.9. The van der Waals surface area contributed by atoms with Crippen LogP contribution in [-0.4, -0.2) is 49.6 Å². The second kappa shape index (κ2) is 7.29. The quantitative estimate of drug-likeness (QED) is 0.800. The van der Waals surface area contributed by atoms with Gasteiger partial charge in [-0.1, -0.05) is 12.7 Å². The SMILES string of the molecule is C=CCN1CCN(C(=C)c2cc(C)c(Br)c(F)c2NC)CC1. The van der Waals surface area contributed by atoms with Crippen molar-refractivity contribution in [2.24, 2.45) is 0 Å². The summed E-state index contributed by atoms with van der Waals surface area (Å²) in [7, 11) is 1.74. The van der Waals surface area contributed by atoms with Gasteiger partial charge in [-0.15, -0.1) is 6.58 Å². The summed E-state index contributed by atoms with van der Waals surface area (Å²) < 4.78 is 14.9. The molecule has 0 aromatic heterocycles. The number of piperazine rings is 1. The fourth-order valence-electron chi connectivity index (χ4n) is 2.78. The van der Waals surface area contributed by atoms with E-state index in [1.165, 1.54) is 0 Å². The molecule has 3 nitrogen and oxygen atoms in total. The molecule has 5 heteroatoms. The molecule has 0 bridgehead atoms. The minimum atomic E-state index is -0.260. The minimum absolute atomic E-state index is 0.260. The molecule has 1 fully saturated rings. The maximum Gasteiger partial charge on any atom is 0.161 e. The van der Waals surface area contributed by atoms with Crippen molar-refractivity contribution in [3.05, 3.63) is 46.7 Å². The van der Waals surface area contributed by atoms with Gasteiger partial charge in [-0.2, -0.15) is 0 Å². The minimum Gasteiger partial charge on any atom is -0.385 e. The van der Waals surface area contributed by atoms with E-state index < -0.39 is 0 Å². The highest BCUT2D eigenvalue weighted by Crippen LogP contribution is 2.34. The third kappa shape index (κ3) is 3.36. The zero-order valence-corrected chi connectivity index (χ0v) is 14.8. The number of aryl methyl sites for hydroxylation is 1. The molecule has 0 aliphatic carbocycles. The van der Waals surface area contributed by atoms with Crippen LogP contribution in [-0.2, 0) is 0 Å². The number of hydrogen-bond acceptors (Lipinski definition) is 3. The van der Waals surface area contributed by atoms with Gasteiger partial charge >= 0.3 is 0 Å². The molecule has 1 aliphatic rings. The molecular weight excluding hydrogens is 345 g/mol. The fourth-order valence-corrected chi connectivity index (χ4v) is 3.09. The predicted octanol–water partition coefficient (Wildman–Crippen LogP) is 3.71. The molecule has 0 radical (unpaired) electrons. The van der Waals surface area contributed by atoms with Crippen molar-refractivity contribution in [2.45, 2.75) is 6.92 Å². The van der Waals surface area contributed by atoms with E-state index >= 15 is 0 Å². The van der Waals surface area contributed by atoms with Crippen LogP contribution in [0.4, 0.5) is 10.1 Å². The lowest BCUT2D eigenvalue weighted by atomic mass is 10.0.